The van der Waals surface area contributed by atoms with Crippen LogP contribution >= 0.6 is 0 Å². The molecule has 2 aromatic heterocycles. The van der Waals surface area contributed by atoms with Gasteiger partial charge in [-0.1, -0.05) is 6.92 Å². The number of hydrogen-bond donors (Lipinski definition) is 2. The Morgan fingerprint density at radius 2 is 2.14 bits per heavy atom. The summed E-state index contributed by atoms with van der Waals surface area (Å²) in [6.07, 6.45) is 3.92. The standard InChI is InChI=1S/C13H20N4O3S/c1-4-11-7-15-13(20-11)8-16-21(18,19)12-5-10(6-14-2)17(3)9-12/h5,7,9,14,16H,4,6,8H2,1-3H3. The van der Waals surface area contributed by atoms with Gasteiger partial charge in [-0.3, -0.25) is 0 Å². The van der Waals surface area contributed by atoms with Gasteiger partial charge in [0.25, 0.3) is 0 Å². The lowest BCUT2D eigenvalue weighted by molar-refractivity contribution is 0.452. The number of aryl methyl sites for hydroxylation is 2. The first-order chi connectivity index (χ1) is 9.96. The van der Waals surface area contributed by atoms with Gasteiger partial charge in [-0.15, -0.1) is 0 Å². The minimum atomic E-state index is -3.57. The Morgan fingerprint density at radius 3 is 2.76 bits per heavy atom. The molecule has 2 rings (SSSR count). The highest BCUT2D eigenvalue weighted by Gasteiger charge is 2.18. The van der Waals surface area contributed by atoms with E-state index in [0.29, 0.717) is 12.4 Å². The Kier molecular flexibility index (Phi) is 4.81. The third-order valence-corrected chi connectivity index (χ3v) is 4.48. The Bertz CT molecular complexity index is 703. The molecule has 0 saturated carbocycles. The average molecular weight is 312 g/mol. The summed E-state index contributed by atoms with van der Waals surface area (Å²) in [5.74, 6) is 1.10. The van der Waals surface area contributed by atoms with Crippen molar-refractivity contribution in [2.24, 2.45) is 7.05 Å². The zero-order chi connectivity index (χ0) is 15.5. The van der Waals surface area contributed by atoms with Gasteiger partial charge < -0.3 is 14.3 Å². The molecule has 0 aromatic carbocycles. The average Bonchev–Trinajstić information content (AvgIpc) is 3.05. The van der Waals surface area contributed by atoms with Crippen LogP contribution in [0.2, 0.25) is 0 Å². The number of nitrogens with zero attached hydrogens (tertiary/aromatic N) is 2. The Labute approximate surface area is 124 Å². The molecule has 0 unspecified atom stereocenters. The van der Waals surface area contributed by atoms with Crippen LogP contribution in [0.3, 0.4) is 0 Å². The molecule has 21 heavy (non-hydrogen) atoms. The van der Waals surface area contributed by atoms with E-state index in [4.69, 9.17) is 4.42 Å². The summed E-state index contributed by atoms with van der Waals surface area (Å²) in [4.78, 5) is 4.26. The Hall–Kier alpha value is -1.64. The van der Waals surface area contributed by atoms with Crippen molar-refractivity contribution in [3.05, 3.63) is 35.8 Å². The van der Waals surface area contributed by atoms with Crippen molar-refractivity contribution in [2.45, 2.75) is 31.3 Å². The molecule has 2 heterocycles. The molecule has 0 atom stereocenters. The summed E-state index contributed by atoms with van der Waals surface area (Å²) >= 11 is 0. The van der Waals surface area contributed by atoms with E-state index in [0.717, 1.165) is 17.9 Å². The molecule has 0 fully saturated rings. The van der Waals surface area contributed by atoms with E-state index in [-0.39, 0.29) is 11.4 Å². The summed E-state index contributed by atoms with van der Waals surface area (Å²) in [6.45, 7) is 2.59. The third-order valence-electron chi connectivity index (χ3n) is 3.11. The normalized spacial score (nSPS) is 12.0. The quantitative estimate of drug-likeness (QED) is 0.788. The van der Waals surface area contributed by atoms with Crippen LogP contribution in [0.1, 0.15) is 24.3 Å². The molecule has 2 N–H and O–H groups in total. The molecular weight excluding hydrogens is 292 g/mol. The fourth-order valence-electron chi connectivity index (χ4n) is 1.91. The highest BCUT2D eigenvalue weighted by molar-refractivity contribution is 7.89. The molecule has 8 heteroatoms. The summed E-state index contributed by atoms with van der Waals surface area (Å²) in [6, 6.07) is 1.64. The van der Waals surface area contributed by atoms with Crippen LogP contribution in [0.15, 0.2) is 27.8 Å². The summed E-state index contributed by atoms with van der Waals surface area (Å²) < 4.78 is 34.1. The van der Waals surface area contributed by atoms with Crippen molar-refractivity contribution >= 4 is 10.0 Å². The molecule has 0 aliphatic carbocycles. The number of aromatic nitrogens is 2. The van der Waals surface area contributed by atoms with Gasteiger partial charge in [-0.2, -0.15) is 0 Å². The molecule has 2 aromatic rings. The number of rotatable bonds is 7. The largest absolute Gasteiger partial charge is 0.444 e. The second-order valence-electron chi connectivity index (χ2n) is 4.71. The zero-order valence-electron chi connectivity index (χ0n) is 12.4. The SMILES string of the molecule is CCc1cnc(CNS(=O)(=O)c2cc(CNC)n(C)c2)o1. The minimum Gasteiger partial charge on any atom is -0.444 e. The molecular formula is C13H20N4O3S. The summed E-state index contributed by atoms with van der Waals surface area (Å²) in [7, 11) is 0.0511. The molecule has 7 nitrogen and oxygen atoms in total. The molecule has 116 valence electrons. The second kappa shape index (κ2) is 6.42. The number of sulfonamides is 1. The van der Waals surface area contributed by atoms with Crippen molar-refractivity contribution in [3.8, 4) is 0 Å². The maximum atomic E-state index is 12.2. The lowest BCUT2D eigenvalue weighted by Gasteiger charge is -2.02. The van der Waals surface area contributed by atoms with Crippen molar-refractivity contribution in [3.63, 3.8) is 0 Å². The lowest BCUT2D eigenvalue weighted by atomic mass is 10.4. The van der Waals surface area contributed by atoms with E-state index in [1.165, 1.54) is 0 Å². The lowest BCUT2D eigenvalue weighted by Crippen LogP contribution is -2.23. The van der Waals surface area contributed by atoms with Crippen molar-refractivity contribution < 1.29 is 12.8 Å². The Balaban J connectivity index is 2.09. The van der Waals surface area contributed by atoms with E-state index >= 15 is 0 Å². The van der Waals surface area contributed by atoms with Gasteiger partial charge in [-0.25, -0.2) is 18.1 Å². The van der Waals surface area contributed by atoms with Gasteiger partial charge in [0.1, 0.15) is 5.76 Å². The van der Waals surface area contributed by atoms with Gasteiger partial charge in [0, 0.05) is 31.9 Å². The van der Waals surface area contributed by atoms with Crippen LogP contribution in [0.25, 0.3) is 0 Å². The Morgan fingerprint density at radius 1 is 1.38 bits per heavy atom. The second-order valence-corrected chi connectivity index (χ2v) is 6.47. The molecule has 0 amide bonds. The third kappa shape index (κ3) is 3.72. The van der Waals surface area contributed by atoms with Crippen molar-refractivity contribution in [2.75, 3.05) is 7.05 Å². The van der Waals surface area contributed by atoms with Crippen LogP contribution in [-0.2, 0) is 36.6 Å². The van der Waals surface area contributed by atoms with Crippen molar-refractivity contribution in [1.82, 2.24) is 19.6 Å². The topological polar surface area (TPSA) is 89.2 Å². The smallest absolute Gasteiger partial charge is 0.242 e. The first-order valence-corrected chi connectivity index (χ1v) is 8.17. The van der Waals surface area contributed by atoms with Crippen LogP contribution in [0.5, 0.6) is 0 Å². The molecule has 0 saturated heterocycles. The van der Waals surface area contributed by atoms with Gasteiger partial charge in [-0.05, 0) is 13.1 Å². The van der Waals surface area contributed by atoms with Crippen LogP contribution in [-0.4, -0.2) is 25.0 Å². The predicted octanol–water partition coefficient (Wildman–Crippen LogP) is 0.773. The van der Waals surface area contributed by atoms with E-state index in [9.17, 15) is 8.42 Å². The number of oxazole rings is 1. The van der Waals surface area contributed by atoms with Gasteiger partial charge in [0.2, 0.25) is 15.9 Å². The van der Waals surface area contributed by atoms with Crippen LogP contribution < -0.4 is 10.0 Å². The molecule has 0 spiro atoms. The molecule has 0 radical (unpaired) electrons. The van der Waals surface area contributed by atoms with Crippen LogP contribution in [0, 0.1) is 0 Å². The summed E-state index contributed by atoms with van der Waals surface area (Å²) in [5.41, 5.74) is 0.891. The first-order valence-electron chi connectivity index (χ1n) is 6.69. The maximum Gasteiger partial charge on any atom is 0.242 e. The van der Waals surface area contributed by atoms with E-state index < -0.39 is 10.0 Å². The monoisotopic (exact) mass is 312 g/mol. The molecule has 0 bridgehead atoms. The van der Waals surface area contributed by atoms with E-state index in [1.54, 1.807) is 23.0 Å². The minimum absolute atomic E-state index is 0.0403. The number of hydrogen-bond acceptors (Lipinski definition) is 5. The van der Waals surface area contributed by atoms with Gasteiger partial charge in [0.05, 0.1) is 17.6 Å². The van der Waals surface area contributed by atoms with Gasteiger partial charge in [0.15, 0.2) is 0 Å². The zero-order valence-corrected chi connectivity index (χ0v) is 13.2. The highest BCUT2D eigenvalue weighted by atomic mass is 32.2. The highest BCUT2D eigenvalue weighted by Crippen LogP contribution is 2.14. The number of nitrogens with one attached hydrogen (secondary N) is 2. The van der Waals surface area contributed by atoms with E-state index in [2.05, 4.69) is 15.0 Å². The fraction of sp³-hybridized carbons (Fsp3) is 0.462. The maximum absolute atomic E-state index is 12.2. The van der Waals surface area contributed by atoms with Crippen molar-refractivity contribution in [1.29, 1.82) is 0 Å². The van der Waals surface area contributed by atoms with E-state index in [1.807, 2.05) is 21.0 Å². The first kappa shape index (κ1) is 15.7. The molecule has 0 aliphatic heterocycles. The fourth-order valence-corrected chi connectivity index (χ4v) is 2.98. The van der Waals surface area contributed by atoms with Gasteiger partial charge >= 0.3 is 0 Å². The summed E-state index contributed by atoms with van der Waals surface area (Å²) in [5, 5.41) is 3.00. The van der Waals surface area contributed by atoms with Crippen LogP contribution in [0.4, 0.5) is 0 Å². The molecule has 0 aliphatic rings. The predicted molar refractivity (Wildman–Crippen MR) is 78.1 cm³/mol.